The SMILES string of the molecule is I.P.S.[H-].[K+].[V].[V].[W].[Y]. The molecule has 0 aromatic carbocycles. The summed E-state index contributed by atoms with van der Waals surface area (Å²) in [5, 5.41) is 0. The molecule has 8 heteroatoms. The van der Waals surface area contributed by atoms with Crippen LogP contribution in [0.2, 0.25) is 0 Å². The Morgan fingerprint density at radius 2 is 1.00 bits per heavy atom. The molecule has 0 aliphatic carbocycles. The van der Waals surface area contributed by atoms with Crippen LogP contribution in [0.25, 0.3) is 0 Å². The van der Waals surface area contributed by atoms with Crippen molar-refractivity contribution in [3.63, 3.8) is 0 Å². The number of hydrogen-bond acceptors (Lipinski definition) is 0. The zero-order valence-corrected chi connectivity index (χ0v) is 20.9. The minimum atomic E-state index is 0. The first-order valence-electron chi connectivity index (χ1n) is 0. The van der Waals surface area contributed by atoms with Gasteiger partial charge in [0.05, 0.1) is 0 Å². The van der Waals surface area contributed by atoms with E-state index in [9.17, 15) is 0 Å². The predicted octanol–water partition coefficient (Wildman–Crippen LogP) is -2.10. The fraction of sp³-hybridized carbons (Fsp3) is 0. The van der Waals surface area contributed by atoms with Crippen LogP contribution >= 0.6 is 47.4 Å². The van der Waals surface area contributed by atoms with E-state index in [4.69, 9.17) is 0 Å². The van der Waals surface area contributed by atoms with E-state index in [0.717, 1.165) is 0 Å². The van der Waals surface area contributed by atoms with Crippen LogP contribution < -0.4 is 51.4 Å². The molecule has 0 spiro atoms. The van der Waals surface area contributed by atoms with Crippen LogP contribution in [0.3, 0.4) is 0 Å². The average molecular weight is 611 g/mol. The van der Waals surface area contributed by atoms with E-state index >= 15 is 0 Å². The molecule has 0 nitrogen and oxygen atoms in total. The van der Waals surface area contributed by atoms with Gasteiger partial charge in [0, 0.05) is 90.9 Å². The Labute approximate surface area is 186 Å². The summed E-state index contributed by atoms with van der Waals surface area (Å²) in [6.45, 7) is 0. The summed E-state index contributed by atoms with van der Waals surface area (Å²) in [5.41, 5.74) is 0. The molecule has 0 heterocycles. The normalized spacial score (nSPS) is 0. The number of rotatable bonds is 0. The minimum absolute atomic E-state index is 0. The van der Waals surface area contributed by atoms with Crippen molar-refractivity contribution < 1.29 is 144 Å². The molecular weight excluding hydrogens is 604 g/mol. The van der Waals surface area contributed by atoms with Crippen molar-refractivity contribution in [2.75, 3.05) is 0 Å². The maximum Gasteiger partial charge on any atom is 1.00 e. The second-order valence-electron chi connectivity index (χ2n) is 0. The van der Waals surface area contributed by atoms with Gasteiger partial charge >= 0.3 is 51.4 Å². The first-order valence-corrected chi connectivity index (χ1v) is 0. The smallest absolute Gasteiger partial charge is 1.00 e. The van der Waals surface area contributed by atoms with E-state index in [2.05, 4.69) is 0 Å². The molecule has 0 fully saturated rings. The van der Waals surface area contributed by atoms with Gasteiger partial charge < -0.3 is 1.43 Å². The molecule has 1 atom stereocenters. The van der Waals surface area contributed by atoms with E-state index in [1.807, 2.05) is 0 Å². The largest absolute Gasteiger partial charge is 1.00 e. The summed E-state index contributed by atoms with van der Waals surface area (Å²) < 4.78 is 0. The van der Waals surface area contributed by atoms with Crippen molar-refractivity contribution >= 4 is 47.4 Å². The Balaban J connectivity index is 0. The third-order valence-corrected chi connectivity index (χ3v) is 0. The Kier molecular flexibility index (Phi) is 418. The summed E-state index contributed by atoms with van der Waals surface area (Å²) in [4.78, 5) is 0. The zero-order chi connectivity index (χ0) is 0. The van der Waals surface area contributed by atoms with Crippen LogP contribution in [-0.4, -0.2) is 0 Å². The molecule has 0 aliphatic rings. The molecule has 0 rings (SSSR count). The number of hydrogen-bond donors (Lipinski definition) is 0. The van der Waals surface area contributed by atoms with Crippen molar-refractivity contribution in [1.82, 2.24) is 0 Å². The molecule has 0 N–H and O–H groups in total. The zero-order valence-electron chi connectivity index (χ0n) is 5.50. The Hall–Kier alpha value is 6.11. The summed E-state index contributed by atoms with van der Waals surface area (Å²) in [7, 11) is 0. The average Bonchev–Trinajstić information content (AvgIpc) is 0. The van der Waals surface area contributed by atoms with Gasteiger partial charge in [0.25, 0.3) is 0 Å². The van der Waals surface area contributed by atoms with Gasteiger partial charge in [-0.05, 0) is 0 Å². The molecule has 45 valence electrons. The summed E-state index contributed by atoms with van der Waals surface area (Å²) in [5.74, 6) is 0. The predicted molar refractivity (Wildman–Crippen MR) is 38.0 cm³/mol. The van der Waals surface area contributed by atoms with Crippen molar-refractivity contribution in [2.45, 2.75) is 0 Å². The topological polar surface area (TPSA) is 0 Å². The third-order valence-electron chi connectivity index (χ3n) is 0. The molecule has 0 bridgehead atoms. The van der Waals surface area contributed by atoms with Gasteiger partial charge in [-0.1, -0.05) is 0 Å². The number of halogens is 1. The third kappa shape index (κ3) is 40.0. The second kappa shape index (κ2) is 51.5. The van der Waals surface area contributed by atoms with Crippen molar-refractivity contribution in [3.8, 4) is 0 Å². The fourth-order valence-electron chi connectivity index (χ4n) is 0. The Bertz CT molecular complexity index is 26.5. The molecular formula is H7IKPSV2WY. The van der Waals surface area contributed by atoms with Gasteiger partial charge in [0.15, 0.2) is 0 Å². The standard InChI is InChI=1S/HI.K.H3P.H2S.2V.W.Y.H/h1H;;1H3;1H2;;;;;/q;+1;;;;;;;-1. The Morgan fingerprint density at radius 3 is 1.00 bits per heavy atom. The van der Waals surface area contributed by atoms with E-state index < -0.39 is 0 Å². The fourth-order valence-corrected chi connectivity index (χ4v) is 0. The van der Waals surface area contributed by atoms with Gasteiger partial charge in [-0.15, -0.1) is 24.0 Å². The Morgan fingerprint density at radius 1 is 1.00 bits per heavy atom. The molecule has 1 unspecified atom stereocenters. The van der Waals surface area contributed by atoms with Crippen molar-refractivity contribution in [3.05, 3.63) is 0 Å². The van der Waals surface area contributed by atoms with Crippen LogP contribution in [-0.2, 0) is 90.9 Å². The first-order chi connectivity index (χ1) is 0. The van der Waals surface area contributed by atoms with Crippen LogP contribution in [0.1, 0.15) is 1.43 Å². The molecule has 0 aliphatic heterocycles. The van der Waals surface area contributed by atoms with E-state index in [0.29, 0.717) is 0 Å². The van der Waals surface area contributed by atoms with Crippen LogP contribution in [0.5, 0.6) is 0 Å². The van der Waals surface area contributed by atoms with Gasteiger partial charge in [0.1, 0.15) is 0 Å². The molecule has 0 saturated carbocycles. The minimum Gasteiger partial charge on any atom is -1.00 e. The van der Waals surface area contributed by atoms with Crippen LogP contribution in [0.4, 0.5) is 0 Å². The van der Waals surface area contributed by atoms with Gasteiger partial charge in [-0.3, -0.25) is 0 Å². The summed E-state index contributed by atoms with van der Waals surface area (Å²) in [6.07, 6.45) is 0. The molecule has 0 saturated heterocycles. The van der Waals surface area contributed by atoms with E-state index in [-0.39, 0.29) is 191 Å². The molecule has 0 amide bonds. The maximum absolute atomic E-state index is 0. The summed E-state index contributed by atoms with van der Waals surface area (Å²) in [6, 6.07) is 0. The summed E-state index contributed by atoms with van der Waals surface area (Å²) >= 11 is 0. The molecule has 3 radical (unpaired) electrons. The van der Waals surface area contributed by atoms with E-state index in [1.165, 1.54) is 0 Å². The van der Waals surface area contributed by atoms with Crippen LogP contribution in [0, 0.1) is 0 Å². The molecule has 0 aromatic heterocycles. The maximum atomic E-state index is 0. The van der Waals surface area contributed by atoms with Crippen molar-refractivity contribution in [2.24, 2.45) is 0 Å². The monoisotopic (exact) mass is 611 g/mol. The first kappa shape index (κ1) is 65.0. The second-order valence-corrected chi connectivity index (χ2v) is 0. The molecule has 0 aromatic rings. The van der Waals surface area contributed by atoms with Crippen molar-refractivity contribution in [1.29, 1.82) is 0 Å². The van der Waals surface area contributed by atoms with Gasteiger partial charge in [0.2, 0.25) is 0 Å². The van der Waals surface area contributed by atoms with Crippen LogP contribution in [0.15, 0.2) is 0 Å². The van der Waals surface area contributed by atoms with Gasteiger partial charge in [-0.25, -0.2) is 0 Å². The quantitative estimate of drug-likeness (QED) is 0.168. The van der Waals surface area contributed by atoms with Gasteiger partial charge in [-0.2, -0.15) is 23.4 Å². The molecule has 8 heavy (non-hydrogen) atoms. The van der Waals surface area contributed by atoms with E-state index in [1.54, 1.807) is 0 Å².